The monoisotopic (exact) mass is 259 g/mol. The van der Waals surface area contributed by atoms with Gasteiger partial charge < -0.3 is 4.90 Å². The first-order valence-electron chi connectivity index (χ1n) is 7.66. The predicted molar refractivity (Wildman–Crippen MR) is 86.3 cm³/mol. The van der Waals surface area contributed by atoms with Crippen molar-refractivity contribution < 1.29 is 0 Å². The maximum absolute atomic E-state index is 2.54. The lowest BCUT2D eigenvalue weighted by atomic mass is 10.0. The first kappa shape index (κ1) is 15.8. The van der Waals surface area contributed by atoms with E-state index < -0.39 is 0 Å². The fourth-order valence-corrected chi connectivity index (χ4v) is 2.42. The van der Waals surface area contributed by atoms with E-state index in [1.165, 1.54) is 35.2 Å². The molecule has 1 heteroatoms. The summed E-state index contributed by atoms with van der Waals surface area (Å²) in [5.41, 5.74) is 5.53. The summed E-state index contributed by atoms with van der Waals surface area (Å²) in [5.74, 6) is 0. The molecule has 0 N–H and O–H groups in total. The quantitative estimate of drug-likeness (QED) is 0.652. The lowest BCUT2D eigenvalue weighted by Crippen LogP contribution is -2.24. The standard InChI is InChI=1S/C18H29N/c1-6-9-18(19(12-7-2)13-8-3)17-11-10-15(4)16(5)14-17/h9-11,14H,6-8,12-13H2,1-5H3. The Morgan fingerprint density at radius 2 is 1.63 bits per heavy atom. The van der Waals surface area contributed by atoms with Crippen molar-refractivity contribution in [1.82, 2.24) is 4.90 Å². The number of allylic oxidation sites excluding steroid dienone is 1. The van der Waals surface area contributed by atoms with E-state index in [1.807, 2.05) is 0 Å². The molecule has 0 heterocycles. The Morgan fingerprint density at radius 3 is 2.11 bits per heavy atom. The molecule has 0 aromatic heterocycles. The molecular formula is C18H29N. The zero-order valence-electron chi connectivity index (χ0n) is 13.3. The van der Waals surface area contributed by atoms with E-state index in [1.54, 1.807) is 0 Å². The van der Waals surface area contributed by atoms with Gasteiger partial charge in [0.15, 0.2) is 0 Å². The normalized spacial score (nSPS) is 11.7. The molecule has 0 aliphatic carbocycles. The van der Waals surface area contributed by atoms with Gasteiger partial charge in [0.2, 0.25) is 0 Å². The summed E-state index contributed by atoms with van der Waals surface area (Å²) in [6.07, 6.45) is 5.86. The van der Waals surface area contributed by atoms with Crippen molar-refractivity contribution in [2.45, 2.75) is 53.9 Å². The zero-order valence-corrected chi connectivity index (χ0v) is 13.3. The van der Waals surface area contributed by atoms with Crippen LogP contribution in [0.5, 0.6) is 0 Å². The van der Waals surface area contributed by atoms with E-state index in [-0.39, 0.29) is 0 Å². The highest BCUT2D eigenvalue weighted by atomic mass is 15.1. The van der Waals surface area contributed by atoms with Crippen LogP contribution in [0.15, 0.2) is 24.3 Å². The number of nitrogens with zero attached hydrogens (tertiary/aromatic N) is 1. The molecule has 0 fully saturated rings. The van der Waals surface area contributed by atoms with E-state index in [4.69, 9.17) is 0 Å². The lowest BCUT2D eigenvalue weighted by molar-refractivity contribution is 0.395. The second-order valence-corrected chi connectivity index (χ2v) is 5.28. The molecule has 19 heavy (non-hydrogen) atoms. The van der Waals surface area contributed by atoms with Crippen LogP contribution in [0, 0.1) is 13.8 Å². The van der Waals surface area contributed by atoms with Gasteiger partial charge in [-0.05, 0) is 55.9 Å². The largest absolute Gasteiger partial charge is 0.371 e. The summed E-state index contributed by atoms with van der Waals surface area (Å²) in [4.78, 5) is 2.54. The maximum atomic E-state index is 2.54. The molecule has 106 valence electrons. The lowest BCUT2D eigenvalue weighted by Gasteiger charge is -2.27. The summed E-state index contributed by atoms with van der Waals surface area (Å²) >= 11 is 0. The van der Waals surface area contributed by atoms with Gasteiger partial charge in [-0.2, -0.15) is 0 Å². The van der Waals surface area contributed by atoms with Crippen LogP contribution in [0.4, 0.5) is 0 Å². The molecule has 0 spiro atoms. The first-order valence-corrected chi connectivity index (χ1v) is 7.66. The molecular weight excluding hydrogens is 230 g/mol. The smallest absolute Gasteiger partial charge is 0.0399 e. The highest BCUT2D eigenvalue weighted by molar-refractivity contribution is 5.65. The fourth-order valence-electron chi connectivity index (χ4n) is 2.42. The number of hydrogen-bond acceptors (Lipinski definition) is 1. The van der Waals surface area contributed by atoms with Gasteiger partial charge >= 0.3 is 0 Å². The van der Waals surface area contributed by atoms with Crippen LogP contribution in [0.1, 0.15) is 56.7 Å². The molecule has 0 saturated heterocycles. The topological polar surface area (TPSA) is 3.24 Å². The summed E-state index contributed by atoms with van der Waals surface area (Å²) < 4.78 is 0. The fraction of sp³-hybridized carbons (Fsp3) is 0.556. The molecule has 0 aliphatic heterocycles. The summed E-state index contributed by atoms with van der Waals surface area (Å²) in [7, 11) is 0. The van der Waals surface area contributed by atoms with Crippen molar-refractivity contribution in [1.29, 1.82) is 0 Å². The van der Waals surface area contributed by atoms with E-state index in [0.717, 1.165) is 19.5 Å². The van der Waals surface area contributed by atoms with Crippen LogP contribution >= 0.6 is 0 Å². The van der Waals surface area contributed by atoms with E-state index in [0.29, 0.717) is 0 Å². The molecule has 1 aromatic rings. The minimum atomic E-state index is 1.09. The van der Waals surface area contributed by atoms with Gasteiger partial charge in [-0.3, -0.25) is 0 Å². The third-order valence-electron chi connectivity index (χ3n) is 3.53. The first-order chi connectivity index (χ1) is 9.13. The number of rotatable bonds is 7. The van der Waals surface area contributed by atoms with Gasteiger partial charge in [-0.1, -0.05) is 39.0 Å². The Hall–Kier alpha value is -1.24. The molecule has 0 unspecified atom stereocenters. The summed E-state index contributed by atoms with van der Waals surface area (Å²) in [6, 6.07) is 6.83. The predicted octanol–water partition coefficient (Wildman–Crippen LogP) is 5.18. The Kier molecular flexibility index (Phi) is 6.69. The molecule has 0 saturated carbocycles. The maximum Gasteiger partial charge on any atom is 0.0399 e. The molecule has 0 bridgehead atoms. The Balaban J connectivity index is 3.10. The van der Waals surface area contributed by atoms with Crippen molar-refractivity contribution in [2.75, 3.05) is 13.1 Å². The van der Waals surface area contributed by atoms with Crippen molar-refractivity contribution >= 4 is 5.70 Å². The molecule has 1 aromatic carbocycles. The van der Waals surface area contributed by atoms with Crippen LogP contribution < -0.4 is 0 Å². The van der Waals surface area contributed by atoms with Gasteiger partial charge in [0.1, 0.15) is 0 Å². The van der Waals surface area contributed by atoms with E-state index in [2.05, 4.69) is 63.8 Å². The van der Waals surface area contributed by atoms with Gasteiger partial charge in [-0.15, -0.1) is 0 Å². The molecule has 0 atom stereocenters. The van der Waals surface area contributed by atoms with Crippen LogP contribution in [0.3, 0.4) is 0 Å². The molecule has 1 rings (SSSR count). The Bertz CT molecular complexity index is 412. The molecule has 0 aliphatic rings. The number of benzene rings is 1. The van der Waals surface area contributed by atoms with Crippen molar-refractivity contribution in [3.05, 3.63) is 41.0 Å². The van der Waals surface area contributed by atoms with Gasteiger partial charge in [0.05, 0.1) is 0 Å². The Morgan fingerprint density at radius 1 is 1.00 bits per heavy atom. The number of hydrogen-bond donors (Lipinski definition) is 0. The SMILES string of the molecule is CCC=C(c1ccc(C)c(C)c1)N(CCC)CCC. The van der Waals surface area contributed by atoms with Crippen LogP contribution in [-0.2, 0) is 0 Å². The van der Waals surface area contributed by atoms with Crippen LogP contribution in [0.25, 0.3) is 5.70 Å². The second kappa shape index (κ2) is 8.04. The average molecular weight is 259 g/mol. The summed E-state index contributed by atoms with van der Waals surface area (Å²) in [5, 5.41) is 0. The van der Waals surface area contributed by atoms with Gasteiger partial charge in [0, 0.05) is 18.8 Å². The summed E-state index contributed by atoms with van der Waals surface area (Å²) in [6.45, 7) is 13.4. The van der Waals surface area contributed by atoms with Crippen LogP contribution in [0.2, 0.25) is 0 Å². The Labute approximate surface area is 119 Å². The third kappa shape index (κ3) is 4.41. The van der Waals surface area contributed by atoms with Crippen LogP contribution in [-0.4, -0.2) is 18.0 Å². The zero-order chi connectivity index (χ0) is 14.3. The third-order valence-corrected chi connectivity index (χ3v) is 3.53. The highest BCUT2D eigenvalue weighted by Crippen LogP contribution is 2.23. The van der Waals surface area contributed by atoms with Crippen molar-refractivity contribution in [3.63, 3.8) is 0 Å². The van der Waals surface area contributed by atoms with Crippen molar-refractivity contribution in [3.8, 4) is 0 Å². The highest BCUT2D eigenvalue weighted by Gasteiger charge is 2.10. The van der Waals surface area contributed by atoms with E-state index in [9.17, 15) is 0 Å². The van der Waals surface area contributed by atoms with Gasteiger partial charge in [0.25, 0.3) is 0 Å². The molecule has 0 amide bonds. The number of aryl methyl sites for hydroxylation is 2. The minimum Gasteiger partial charge on any atom is -0.371 e. The average Bonchev–Trinajstić information content (AvgIpc) is 2.39. The molecule has 1 nitrogen and oxygen atoms in total. The van der Waals surface area contributed by atoms with E-state index >= 15 is 0 Å². The molecule has 0 radical (unpaired) electrons. The van der Waals surface area contributed by atoms with Crippen molar-refractivity contribution in [2.24, 2.45) is 0 Å². The van der Waals surface area contributed by atoms with Gasteiger partial charge in [-0.25, -0.2) is 0 Å². The second-order valence-electron chi connectivity index (χ2n) is 5.28. The minimum absolute atomic E-state index is 1.09.